The lowest BCUT2D eigenvalue weighted by Gasteiger charge is -2.23. The molecule has 0 saturated carbocycles. The molecule has 0 aliphatic rings. The summed E-state index contributed by atoms with van der Waals surface area (Å²) >= 11 is 0. The van der Waals surface area contributed by atoms with Crippen LogP contribution in [0.2, 0.25) is 0 Å². The summed E-state index contributed by atoms with van der Waals surface area (Å²) in [5.41, 5.74) is 3.18. The summed E-state index contributed by atoms with van der Waals surface area (Å²) in [7, 11) is 0. The summed E-state index contributed by atoms with van der Waals surface area (Å²) in [6.45, 7) is 18.3. The van der Waals surface area contributed by atoms with E-state index in [1.54, 1.807) is 0 Å². The van der Waals surface area contributed by atoms with Crippen LogP contribution in [-0.4, -0.2) is 38.7 Å². The van der Waals surface area contributed by atoms with Crippen molar-refractivity contribution in [2.24, 2.45) is 0 Å². The number of hydrogen-bond donors (Lipinski definition) is 0. The molecule has 0 atom stereocenters. The molecule has 0 spiro atoms. The summed E-state index contributed by atoms with van der Waals surface area (Å²) in [4.78, 5) is 20.2. The van der Waals surface area contributed by atoms with Crippen molar-refractivity contribution in [3.63, 3.8) is 0 Å². The minimum Gasteiger partial charge on any atom is -0.339 e. The monoisotopic (exact) mass is 358 g/mol. The standard InChI is InChI=1S/C21H34N4O/c1-9-11-24(12-10-2)20(26)16-13-17(14(3)4)22-19-18(16)15(5)23-25(19)21(6,7)8/h13-14H,9-12H2,1-8H3. The van der Waals surface area contributed by atoms with Crippen molar-refractivity contribution < 1.29 is 4.79 Å². The molecule has 0 radical (unpaired) electrons. The molecule has 0 bridgehead atoms. The molecule has 0 aliphatic heterocycles. The third-order valence-electron chi connectivity index (χ3n) is 4.56. The Morgan fingerprint density at radius 3 is 2.23 bits per heavy atom. The molecule has 0 fully saturated rings. The highest BCUT2D eigenvalue weighted by atomic mass is 16.2. The smallest absolute Gasteiger partial charge is 0.254 e. The number of pyridine rings is 1. The molecule has 26 heavy (non-hydrogen) atoms. The Morgan fingerprint density at radius 1 is 1.19 bits per heavy atom. The second kappa shape index (κ2) is 7.77. The van der Waals surface area contributed by atoms with Crippen molar-refractivity contribution in [1.82, 2.24) is 19.7 Å². The molecule has 0 unspecified atom stereocenters. The van der Waals surface area contributed by atoms with Gasteiger partial charge in [-0.25, -0.2) is 9.67 Å². The van der Waals surface area contributed by atoms with Gasteiger partial charge in [-0.3, -0.25) is 4.79 Å². The van der Waals surface area contributed by atoms with Crippen LogP contribution in [0.3, 0.4) is 0 Å². The minimum absolute atomic E-state index is 0.0968. The number of aryl methyl sites for hydroxylation is 1. The van der Waals surface area contributed by atoms with E-state index in [4.69, 9.17) is 10.1 Å². The maximum absolute atomic E-state index is 13.4. The second-order valence-corrected chi connectivity index (χ2v) is 8.41. The Kier molecular flexibility index (Phi) is 6.09. The molecule has 1 amide bonds. The van der Waals surface area contributed by atoms with Crippen molar-refractivity contribution in [1.29, 1.82) is 0 Å². The third kappa shape index (κ3) is 3.92. The van der Waals surface area contributed by atoms with Gasteiger partial charge in [-0.15, -0.1) is 0 Å². The van der Waals surface area contributed by atoms with Crippen molar-refractivity contribution in [3.05, 3.63) is 23.0 Å². The number of nitrogens with zero attached hydrogens (tertiary/aromatic N) is 4. The lowest BCUT2D eigenvalue weighted by molar-refractivity contribution is 0.0757. The largest absolute Gasteiger partial charge is 0.339 e. The van der Waals surface area contributed by atoms with Gasteiger partial charge in [-0.2, -0.15) is 5.10 Å². The molecular formula is C21H34N4O. The predicted molar refractivity (Wildman–Crippen MR) is 108 cm³/mol. The van der Waals surface area contributed by atoms with Crippen LogP contribution in [0.1, 0.15) is 89.0 Å². The molecule has 0 saturated heterocycles. The van der Waals surface area contributed by atoms with E-state index in [1.807, 2.05) is 22.6 Å². The van der Waals surface area contributed by atoms with E-state index in [2.05, 4.69) is 48.5 Å². The Morgan fingerprint density at radius 2 is 1.77 bits per heavy atom. The van der Waals surface area contributed by atoms with Crippen LogP contribution in [0.4, 0.5) is 0 Å². The van der Waals surface area contributed by atoms with Gasteiger partial charge < -0.3 is 4.90 Å². The lowest BCUT2D eigenvalue weighted by atomic mass is 10.0. The number of carbonyl (C=O) groups is 1. The summed E-state index contributed by atoms with van der Waals surface area (Å²) in [5.74, 6) is 0.347. The Hall–Kier alpha value is -1.91. The van der Waals surface area contributed by atoms with E-state index in [0.717, 1.165) is 53.9 Å². The highest BCUT2D eigenvalue weighted by Gasteiger charge is 2.26. The van der Waals surface area contributed by atoms with E-state index in [0.29, 0.717) is 0 Å². The quantitative estimate of drug-likeness (QED) is 0.739. The van der Waals surface area contributed by atoms with Crippen molar-refractivity contribution in [2.45, 2.75) is 79.7 Å². The van der Waals surface area contributed by atoms with Crippen LogP contribution >= 0.6 is 0 Å². The molecule has 0 N–H and O–H groups in total. The van der Waals surface area contributed by atoms with E-state index >= 15 is 0 Å². The van der Waals surface area contributed by atoms with E-state index in [-0.39, 0.29) is 17.4 Å². The Balaban J connectivity index is 2.75. The average Bonchev–Trinajstić information content (AvgIpc) is 2.90. The molecule has 0 aliphatic carbocycles. The van der Waals surface area contributed by atoms with Gasteiger partial charge in [0, 0.05) is 18.8 Å². The Labute approximate surface area is 157 Å². The molecule has 2 aromatic heterocycles. The van der Waals surface area contributed by atoms with E-state index in [1.165, 1.54) is 0 Å². The van der Waals surface area contributed by atoms with Gasteiger partial charge in [0.05, 0.1) is 22.2 Å². The van der Waals surface area contributed by atoms with Crippen molar-refractivity contribution in [3.8, 4) is 0 Å². The van der Waals surface area contributed by atoms with Crippen LogP contribution < -0.4 is 0 Å². The fourth-order valence-electron chi connectivity index (χ4n) is 3.27. The maximum Gasteiger partial charge on any atom is 0.254 e. The summed E-state index contributed by atoms with van der Waals surface area (Å²) < 4.78 is 1.96. The van der Waals surface area contributed by atoms with Gasteiger partial charge >= 0.3 is 0 Å². The van der Waals surface area contributed by atoms with Gasteiger partial charge in [0.15, 0.2) is 5.65 Å². The topological polar surface area (TPSA) is 51.0 Å². The number of hydrogen-bond acceptors (Lipinski definition) is 3. The van der Waals surface area contributed by atoms with Crippen LogP contribution in [0.25, 0.3) is 11.0 Å². The fourth-order valence-corrected chi connectivity index (χ4v) is 3.27. The molecule has 5 heteroatoms. The van der Waals surface area contributed by atoms with Crippen LogP contribution in [0, 0.1) is 6.92 Å². The number of amides is 1. The van der Waals surface area contributed by atoms with Crippen molar-refractivity contribution >= 4 is 16.9 Å². The number of carbonyl (C=O) groups excluding carboxylic acids is 1. The molecular weight excluding hydrogens is 324 g/mol. The normalized spacial score (nSPS) is 12.2. The summed E-state index contributed by atoms with van der Waals surface area (Å²) in [5, 5.41) is 5.63. The molecule has 2 heterocycles. The molecule has 2 rings (SSSR count). The molecule has 0 aromatic carbocycles. The fraction of sp³-hybridized carbons (Fsp3) is 0.667. The van der Waals surface area contributed by atoms with Gasteiger partial charge in [0.25, 0.3) is 5.91 Å². The summed E-state index contributed by atoms with van der Waals surface area (Å²) in [6, 6.07) is 1.98. The van der Waals surface area contributed by atoms with Gasteiger partial charge in [-0.1, -0.05) is 27.7 Å². The second-order valence-electron chi connectivity index (χ2n) is 8.41. The first-order valence-electron chi connectivity index (χ1n) is 9.81. The van der Waals surface area contributed by atoms with Crippen LogP contribution in [0.5, 0.6) is 0 Å². The van der Waals surface area contributed by atoms with Gasteiger partial charge in [-0.05, 0) is 52.5 Å². The first kappa shape index (κ1) is 20.4. The first-order chi connectivity index (χ1) is 12.1. The zero-order valence-electron chi connectivity index (χ0n) is 17.7. The maximum atomic E-state index is 13.4. The van der Waals surface area contributed by atoms with Crippen LogP contribution in [0.15, 0.2) is 6.07 Å². The van der Waals surface area contributed by atoms with Gasteiger partial charge in [0.1, 0.15) is 0 Å². The first-order valence-corrected chi connectivity index (χ1v) is 9.81. The summed E-state index contributed by atoms with van der Waals surface area (Å²) in [6.07, 6.45) is 1.91. The molecule has 2 aromatic rings. The lowest BCUT2D eigenvalue weighted by Crippen LogP contribution is -2.33. The average molecular weight is 359 g/mol. The SMILES string of the molecule is CCCN(CCC)C(=O)c1cc(C(C)C)nc2c1c(C)nn2C(C)(C)C. The zero-order valence-corrected chi connectivity index (χ0v) is 17.7. The van der Waals surface area contributed by atoms with Crippen molar-refractivity contribution in [2.75, 3.05) is 13.1 Å². The third-order valence-corrected chi connectivity index (χ3v) is 4.56. The predicted octanol–water partition coefficient (Wildman–Crippen LogP) is 4.88. The number of fused-ring (bicyclic) bond motifs is 1. The van der Waals surface area contributed by atoms with E-state index in [9.17, 15) is 4.79 Å². The number of aromatic nitrogens is 3. The zero-order chi connectivity index (χ0) is 19.6. The highest BCUT2D eigenvalue weighted by molar-refractivity contribution is 6.06. The molecule has 144 valence electrons. The number of rotatable bonds is 6. The van der Waals surface area contributed by atoms with Gasteiger partial charge in [0.2, 0.25) is 0 Å². The Bertz CT molecular complexity index is 777. The molecule has 5 nitrogen and oxygen atoms in total. The highest BCUT2D eigenvalue weighted by Crippen LogP contribution is 2.29. The minimum atomic E-state index is -0.193. The van der Waals surface area contributed by atoms with E-state index < -0.39 is 0 Å². The van der Waals surface area contributed by atoms with Crippen LogP contribution in [-0.2, 0) is 5.54 Å².